The van der Waals surface area contributed by atoms with Gasteiger partial charge in [-0.1, -0.05) is 35.9 Å². The zero-order valence-corrected chi connectivity index (χ0v) is 12.8. The van der Waals surface area contributed by atoms with Crippen molar-refractivity contribution in [2.45, 2.75) is 12.3 Å². The third-order valence-corrected chi connectivity index (χ3v) is 4.08. The normalized spacial score (nSPS) is 10.5. The molecule has 2 rings (SSSR count). The Bertz CT molecular complexity index is 513. The zero-order chi connectivity index (χ0) is 14.2. The largest absolute Gasteiger partial charge is 0.493 e. The van der Waals surface area contributed by atoms with Crippen LogP contribution in [0.4, 0.5) is 0 Å². The smallest absolute Gasteiger partial charge is 0.119 e. The van der Waals surface area contributed by atoms with E-state index in [9.17, 15) is 0 Å². The molecular formula is C16H18ClNOS. The summed E-state index contributed by atoms with van der Waals surface area (Å²) in [5.41, 5.74) is 7.96. The topological polar surface area (TPSA) is 35.2 Å². The van der Waals surface area contributed by atoms with Crippen molar-refractivity contribution in [2.75, 3.05) is 12.4 Å². The molecule has 0 bridgehead atoms. The highest BCUT2D eigenvalue weighted by atomic mass is 35.5. The van der Waals surface area contributed by atoms with Gasteiger partial charge in [0.15, 0.2) is 0 Å². The summed E-state index contributed by atoms with van der Waals surface area (Å²) in [4.78, 5) is 0. The Hall–Kier alpha value is -1.16. The van der Waals surface area contributed by atoms with Crippen molar-refractivity contribution >= 4 is 23.4 Å². The fourth-order valence-corrected chi connectivity index (χ4v) is 2.61. The van der Waals surface area contributed by atoms with Crippen LogP contribution < -0.4 is 10.5 Å². The van der Waals surface area contributed by atoms with Gasteiger partial charge in [0.05, 0.1) is 6.61 Å². The Morgan fingerprint density at radius 1 is 0.950 bits per heavy atom. The molecule has 0 heterocycles. The summed E-state index contributed by atoms with van der Waals surface area (Å²) in [7, 11) is 0. The SMILES string of the molecule is NCc1ccc(OCCSCc2ccc(Cl)cc2)cc1. The lowest BCUT2D eigenvalue weighted by Crippen LogP contribution is -2.01. The highest BCUT2D eigenvalue weighted by Crippen LogP contribution is 2.16. The summed E-state index contributed by atoms with van der Waals surface area (Å²) in [5.74, 6) is 2.84. The number of hydrogen-bond acceptors (Lipinski definition) is 3. The molecule has 4 heteroatoms. The maximum Gasteiger partial charge on any atom is 0.119 e. The van der Waals surface area contributed by atoms with Crippen molar-refractivity contribution in [3.63, 3.8) is 0 Å². The molecule has 0 radical (unpaired) electrons. The molecule has 0 fully saturated rings. The minimum absolute atomic E-state index is 0.567. The molecule has 0 atom stereocenters. The number of ether oxygens (including phenoxy) is 1. The summed E-state index contributed by atoms with van der Waals surface area (Å²) < 4.78 is 5.68. The number of thioether (sulfide) groups is 1. The molecule has 2 aromatic rings. The lowest BCUT2D eigenvalue weighted by atomic mass is 10.2. The molecule has 0 unspecified atom stereocenters. The van der Waals surface area contributed by atoms with E-state index >= 15 is 0 Å². The third-order valence-electron chi connectivity index (χ3n) is 2.84. The van der Waals surface area contributed by atoms with E-state index < -0.39 is 0 Å². The lowest BCUT2D eigenvalue weighted by molar-refractivity contribution is 0.344. The summed E-state index contributed by atoms with van der Waals surface area (Å²) in [6, 6.07) is 15.9. The van der Waals surface area contributed by atoms with Crippen LogP contribution in [0.5, 0.6) is 5.75 Å². The molecule has 106 valence electrons. The van der Waals surface area contributed by atoms with Gasteiger partial charge < -0.3 is 10.5 Å². The molecule has 0 aromatic heterocycles. The first-order valence-corrected chi connectivity index (χ1v) is 8.05. The zero-order valence-electron chi connectivity index (χ0n) is 11.2. The van der Waals surface area contributed by atoms with E-state index in [1.54, 1.807) is 0 Å². The van der Waals surface area contributed by atoms with Crippen LogP contribution in [0.1, 0.15) is 11.1 Å². The van der Waals surface area contributed by atoms with Gasteiger partial charge in [-0.05, 0) is 35.4 Å². The van der Waals surface area contributed by atoms with E-state index in [4.69, 9.17) is 22.1 Å². The minimum atomic E-state index is 0.567. The second-order valence-corrected chi connectivity index (χ2v) is 5.92. The number of halogens is 1. The molecule has 0 saturated carbocycles. The molecule has 0 aliphatic rings. The average Bonchev–Trinajstić information content (AvgIpc) is 2.49. The van der Waals surface area contributed by atoms with Gasteiger partial charge in [-0.2, -0.15) is 11.8 Å². The quantitative estimate of drug-likeness (QED) is 0.782. The van der Waals surface area contributed by atoms with E-state index in [-0.39, 0.29) is 0 Å². The highest BCUT2D eigenvalue weighted by molar-refractivity contribution is 7.98. The second kappa shape index (κ2) is 8.20. The minimum Gasteiger partial charge on any atom is -0.493 e. The van der Waals surface area contributed by atoms with Gasteiger partial charge in [-0.15, -0.1) is 0 Å². The van der Waals surface area contributed by atoms with Gasteiger partial charge in [0.25, 0.3) is 0 Å². The van der Waals surface area contributed by atoms with Crippen molar-refractivity contribution in [3.05, 3.63) is 64.7 Å². The third kappa shape index (κ3) is 5.08. The molecule has 0 saturated heterocycles. The van der Waals surface area contributed by atoms with Crippen LogP contribution in [0.25, 0.3) is 0 Å². The predicted octanol–water partition coefficient (Wildman–Crippen LogP) is 4.11. The van der Waals surface area contributed by atoms with Crippen LogP contribution >= 0.6 is 23.4 Å². The number of hydrogen-bond donors (Lipinski definition) is 1. The molecule has 2 aromatic carbocycles. The first-order valence-electron chi connectivity index (χ1n) is 6.52. The Morgan fingerprint density at radius 2 is 1.60 bits per heavy atom. The standard InChI is InChI=1S/C16H18ClNOS/c17-15-5-1-14(2-6-15)12-20-10-9-19-16-7-3-13(11-18)4-8-16/h1-8H,9-12,18H2. The molecule has 20 heavy (non-hydrogen) atoms. The van der Waals surface area contributed by atoms with E-state index in [1.165, 1.54) is 5.56 Å². The van der Waals surface area contributed by atoms with Gasteiger partial charge >= 0.3 is 0 Å². The van der Waals surface area contributed by atoms with Crippen molar-refractivity contribution in [1.29, 1.82) is 0 Å². The van der Waals surface area contributed by atoms with Crippen LogP contribution in [0, 0.1) is 0 Å². The van der Waals surface area contributed by atoms with Crippen LogP contribution in [-0.2, 0) is 12.3 Å². The lowest BCUT2D eigenvalue weighted by Gasteiger charge is -2.07. The Balaban J connectivity index is 1.64. The molecule has 0 spiro atoms. The molecular weight excluding hydrogens is 290 g/mol. The molecule has 0 aliphatic carbocycles. The summed E-state index contributed by atoms with van der Waals surface area (Å²) in [6.07, 6.45) is 0. The highest BCUT2D eigenvalue weighted by Gasteiger charge is 1.97. The molecule has 2 nitrogen and oxygen atoms in total. The van der Waals surface area contributed by atoms with Gasteiger partial charge in [0, 0.05) is 23.1 Å². The molecule has 0 amide bonds. The van der Waals surface area contributed by atoms with Gasteiger partial charge in [0.1, 0.15) is 5.75 Å². The fourth-order valence-electron chi connectivity index (χ4n) is 1.71. The van der Waals surface area contributed by atoms with Gasteiger partial charge in [-0.3, -0.25) is 0 Å². The van der Waals surface area contributed by atoms with Crippen LogP contribution in [0.15, 0.2) is 48.5 Å². The van der Waals surface area contributed by atoms with Crippen molar-refractivity contribution < 1.29 is 4.74 Å². The van der Waals surface area contributed by atoms with Crippen molar-refractivity contribution in [1.82, 2.24) is 0 Å². The second-order valence-electron chi connectivity index (χ2n) is 4.38. The predicted molar refractivity (Wildman–Crippen MR) is 87.4 cm³/mol. The monoisotopic (exact) mass is 307 g/mol. The van der Waals surface area contributed by atoms with Crippen LogP contribution in [0.2, 0.25) is 5.02 Å². The molecule has 0 aliphatic heterocycles. The van der Waals surface area contributed by atoms with Crippen molar-refractivity contribution in [3.8, 4) is 5.75 Å². The van der Waals surface area contributed by atoms with Gasteiger partial charge in [-0.25, -0.2) is 0 Å². The maximum absolute atomic E-state index is 5.85. The number of benzene rings is 2. The van der Waals surface area contributed by atoms with Crippen LogP contribution in [-0.4, -0.2) is 12.4 Å². The van der Waals surface area contributed by atoms with E-state index in [0.717, 1.165) is 27.8 Å². The first-order chi connectivity index (χ1) is 9.78. The molecule has 2 N–H and O–H groups in total. The van der Waals surface area contributed by atoms with E-state index in [1.807, 2.05) is 48.2 Å². The van der Waals surface area contributed by atoms with Crippen molar-refractivity contribution in [2.24, 2.45) is 5.73 Å². The summed E-state index contributed by atoms with van der Waals surface area (Å²) in [6.45, 7) is 1.28. The Morgan fingerprint density at radius 3 is 2.25 bits per heavy atom. The number of nitrogens with two attached hydrogens (primary N) is 1. The summed E-state index contributed by atoms with van der Waals surface area (Å²) in [5, 5.41) is 0.781. The first kappa shape index (κ1) is 15.2. The van der Waals surface area contributed by atoms with Gasteiger partial charge in [0.2, 0.25) is 0 Å². The fraction of sp³-hybridized carbons (Fsp3) is 0.250. The van der Waals surface area contributed by atoms with Crippen LogP contribution in [0.3, 0.4) is 0 Å². The average molecular weight is 308 g/mol. The Kier molecular flexibility index (Phi) is 6.25. The summed E-state index contributed by atoms with van der Waals surface area (Å²) >= 11 is 7.70. The number of rotatable bonds is 7. The van der Waals surface area contributed by atoms with E-state index in [2.05, 4.69) is 12.1 Å². The Labute approximate surface area is 129 Å². The van der Waals surface area contributed by atoms with E-state index in [0.29, 0.717) is 13.2 Å². The maximum atomic E-state index is 5.85.